The Hall–Kier alpha value is -2.45. The second-order valence-corrected chi connectivity index (χ2v) is 6.10. The third kappa shape index (κ3) is 5.01. The van der Waals surface area contributed by atoms with Gasteiger partial charge < -0.3 is 20.2 Å². The first-order valence-corrected chi connectivity index (χ1v) is 8.09. The predicted molar refractivity (Wildman–Crippen MR) is 102 cm³/mol. The summed E-state index contributed by atoms with van der Waals surface area (Å²) in [4.78, 5) is 12.6. The zero-order chi connectivity index (χ0) is 18.4. The van der Waals surface area contributed by atoms with Crippen LogP contribution in [0.4, 0.5) is 29.0 Å². The Morgan fingerprint density at radius 2 is 1.72 bits per heavy atom. The molecule has 0 saturated carbocycles. The van der Waals surface area contributed by atoms with E-state index in [9.17, 15) is 0 Å². The first-order valence-electron chi connectivity index (χ1n) is 7.71. The molecule has 0 spiro atoms. The van der Waals surface area contributed by atoms with Crippen molar-refractivity contribution in [3.63, 3.8) is 0 Å². The van der Waals surface area contributed by atoms with Crippen molar-refractivity contribution in [2.24, 2.45) is 10.2 Å². The summed E-state index contributed by atoms with van der Waals surface area (Å²) in [7, 11) is 7.47. The second-order valence-electron chi connectivity index (χ2n) is 5.66. The van der Waals surface area contributed by atoms with Crippen molar-refractivity contribution in [3.8, 4) is 0 Å². The molecule has 0 aliphatic carbocycles. The highest BCUT2D eigenvalue weighted by molar-refractivity contribution is 6.30. The molecule has 1 aromatic carbocycles. The molecule has 0 fully saturated rings. The van der Waals surface area contributed by atoms with E-state index in [-0.39, 0.29) is 6.61 Å². The fourth-order valence-corrected chi connectivity index (χ4v) is 2.07. The molecule has 134 valence electrons. The summed E-state index contributed by atoms with van der Waals surface area (Å²) in [6.45, 7) is 0.326. The van der Waals surface area contributed by atoms with E-state index in [0.717, 1.165) is 0 Å². The van der Waals surface area contributed by atoms with E-state index >= 15 is 0 Å². The van der Waals surface area contributed by atoms with Gasteiger partial charge in [-0.15, -0.1) is 5.11 Å². The molecule has 9 heteroatoms. The van der Waals surface area contributed by atoms with E-state index in [0.29, 0.717) is 40.5 Å². The Morgan fingerprint density at radius 3 is 2.28 bits per heavy atom. The van der Waals surface area contributed by atoms with Crippen LogP contribution in [0.2, 0.25) is 5.02 Å². The lowest BCUT2D eigenvalue weighted by atomic mass is 10.3. The molecule has 2 aromatic rings. The van der Waals surface area contributed by atoms with Gasteiger partial charge in [-0.1, -0.05) is 11.6 Å². The van der Waals surface area contributed by atoms with Crippen molar-refractivity contribution in [3.05, 3.63) is 29.3 Å². The standard InChI is InChI=1S/C16H22ClN7O/c1-23(2)15-13(22-21-12-7-5-11(17)6-8-12)14(18-9-10-25)19-16(20-15)24(3)4/h5-8,25H,9-10H2,1-4H3,(H,18,19,20). The van der Waals surface area contributed by atoms with Crippen LogP contribution in [-0.4, -0.2) is 56.4 Å². The number of rotatable bonds is 7. The van der Waals surface area contributed by atoms with E-state index < -0.39 is 0 Å². The van der Waals surface area contributed by atoms with E-state index in [1.165, 1.54) is 0 Å². The molecule has 0 atom stereocenters. The van der Waals surface area contributed by atoms with Crippen molar-refractivity contribution >= 4 is 40.6 Å². The maximum Gasteiger partial charge on any atom is 0.228 e. The number of aliphatic hydroxyl groups is 1. The van der Waals surface area contributed by atoms with Gasteiger partial charge in [-0.2, -0.15) is 15.1 Å². The lowest BCUT2D eigenvalue weighted by Gasteiger charge is -2.20. The van der Waals surface area contributed by atoms with Crippen LogP contribution in [0, 0.1) is 0 Å². The third-order valence-electron chi connectivity index (χ3n) is 3.17. The van der Waals surface area contributed by atoms with Crippen LogP contribution >= 0.6 is 11.6 Å². The summed E-state index contributed by atoms with van der Waals surface area (Å²) in [6.07, 6.45) is 0. The molecule has 0 saturated heterocycles. The van der Waals surface area contributed by atoms with Gasteiger partial charge in [0.2, 0.25) is 5.95 Å². The molecule has 0 unspecified atom stereocenters. The number of benzene rings is 1. The zero-order valence-electron chi connectivity index (χ0n) is 14.7. The second kappa shape index (κ2) is 8.59. The molecule has 0 amide bonds. The van der Waals surface area contributed by atoms with Gasteiger partial charge in [-0.05, 0) is 24.3 Å². The number of hydrogen-bond donors (Lipinski definition) is 2. The molecule has 2 N–H and O–H groups in total. The van der Waals surface area contributed by atoms with Crippen LogP contribution in [-0.2, 0) is 0 Å². The van der Waals surface area contributed by atoms with Crippen molar-refractivity contribution < 1.29 is 5.11 Å². The fourth-order valence-electron chi connectivity index (χ4n) is 1.95. The molecular formula is C16H22ClN7O. The number of nitrogens with one attached hydrogen (secondary N) is 1. The number of halogens is 1. The number of anilines is 3. The molecule has 0 aliphatic heterocycles. The molecule has 0 aliphatic rings. The van der Waals surface area contributed by atoms with Crippen molar-refractivity contribution in [1.82, 2.24) is 9.97 Å². The summed E-state index contributed by atoms with van der Waals surface area (Å²) in [5, 5.41) is 21.4. The molecule has 25 heavy (non-hydrogen) atoms. The minimum Gasteiger partial charge on any atom is -0.395 e. The molecule has 1 aromatic heterocycles. The third-order valence-corrected chi connectivity index (χ3v) is 3.43. The Labute approximate surface area is 152 Å². The average Bonchev–Trinajstić information content (AvgIpc) is 2.59. The van der Waals surface area contributed by atoms with Crippen LogP contribution < -0.4 is 15.1 Å². The summed E-state index contributed by atoms with van der Waals surface area (Å²) >= 11 is 5.89. The highest BCUT2D eigenvalue weighted by Crippen LogP contribution is 2.35. The Balaban J connectivity index is 2.49. The highest BCUT2D eigenvalue weighted by atomic mass is 35.5. The summed E-state index contributed by atoms with van der Waals surface area (Å²) in [5.41, 5.74) is 1.16. The highest BCUT2D eigenvalue weighted by Gasteiger charge is 2.17. The number of hydrogen-bond acceptors (Lipinski definition) is 8. The first kappa shape index (κ1) is 18.9. The zero-order valence-corrected chi connectivity index (χ0v) is 15.5. The van der Waals surface area contributed by atoms with E-state index in [1.54, 1.807) is 29.2 Å². The van der Waals surface area contributed by atoms with Crippen LogP contribution in [0.25, 0.3) is 0 Å². The Bertz CT molecular complexity index is 732. The summed E-state index contributed by atoms with van der Waals surface area (Å²) < 4.78 is 0. The lowest BCUT2D eigenvalue weighted by molar-refractivity contribution is 0.311. The van der Waals surface area contributed by atoms with Crippen molar-refractivity contribution in [1.29, 1.82) is 0 Å². The number of aromatic nitrogens is 2. The molecule has 1 heterocycles. The van der Waals surface area contributed by atoms with E-state index in [2.05, 4.69) is 25.5 Å². The predicted octanol–water partition coefficient (Wildman–Crippen LogP) is 3.08. The molecule has 0 radical (unpaired) electrons. The fraction of sp³-hybridized carbons (Fsp3) is 0.375. The van der Waals surface area contributed by atoms with Crippen LogP contribution in [0.5, 0.6) is 0 Å². The molecule has 8 nitrogen and oxygen atoms in total. The van der Waals surface area contributed by atoms with Crippen LogP contribution in [0.1, 0.15) is 0 Å². The van der Waals surface area contributed by atoms with E-state index in [1.807, 2.05) is 33.1 Å². The van der Waals surface area contributed by atoms with E-state index in [4.69, 9.17) is 16.7 Å². The molecular weight excluding hydrogens is 342 g/mol. The molecule has 0 bridgehead atoms. The van der Waals surface area contributed by atoms with Gasteiger partial charge in [-0.3, -0.25) is 0 Å². The quantitative estimate of drug-likeness (QED) is 0.735. The molecule has 2 rings (SSSR count). The van der Waals surface area contributed by atoms with Gasteiger partial charge in [-0.25, -0.2) is 0 Å². The van der Waals surface area contributed by atoms with Crippen LogP contribution in [0.15, 0.2) is 34.5 Å². The van der Waals surface area contributed by atoms with Gasteiger partial charge in [0.1, 0.15) is 0 Å². The number of azo groups is 1. The lowest BCUT2D eigenvalue weighted by Crippen LogP contribution is -2.19. The Kier molecular flexibility index (Phi) is 6.49. The maximum absolute atomic E-state index is 9.12. The topological polar surface area (TPSA) is 89.2 Å². The average molecular weight is 364 g/mol. The van der Waals surface area contributed by atoms with Crippen molar-refractivity contribution in [2.45, 2.75) is 0 Å². The maximum atomic E-state index is 9.12. The first-order chi connectivity index (χ1) is 11.9. The number of aliphatic hydroxyl groups excluding tert-OH is 1. The summed E-state index contributed by atoms with van der Waals surface area (Å²) in [6, 6.07) is 7.05. The van der Waals surface area contributed by atoms with Crippen molar-refractivity contribution in [2.75, 3.05) is 56.5 Å². The SMILES string of the molecule is CN(C)c1nc(NCCO)c(N=Nc2ccc(Cl)cc2)c(N(C)C)n1. The van der Waals surface area contributed by atoms with Gasteiger partial charge in [0, 0.05) is 39.8 Å². The largest absolute Gasteiger partial charge is 0.395 e. The minimum atomic E-state index is -0.0215. The minimum absolute atomic E-state index is 0.0215. The monoisotopic (exact) mass is 363 g/mol. The van der Waals surface area contributed by atoms with Crippen LogP contribution in [0.3, 0.4) is 0 Å². The van der Waals surface area contributed by atoms with Gasteiger partial charge in [0.05, 0.1) is 12.3 Å². The summed E-state index contributed by atoms with van der Waals surface area (Å²) in [5.74, 6) is 1.67. The van der Waals surface area contributed by atoms with Gasteiger partial charge in [0.15, 0.2) is 17.3 Å². The van der Waals surface area contributed by atoms with Gasteiger partial charge in [0.25, 0.3) is 0 Å². The Morgan fingerprint density at radius 1 is 1.04 bits per heavy atom. The van der Waals surface area contributed by atoms with Gasteiger partial charge >= 0.3 is 0 Å². The number of nitrogens with zero attached hydrogens (tertiary/aromatic N) is 6. The normalized spacial score (nSPS) is 11.0. The smallest absolute Gasteiger partial charge is 0.228 e.